The molecule has 0 bridgehead atoms. The Kier molecular flexibility index (Phi) is 5.40. The van der Waals surface area contributed by atoms with E-state index in [2.05, 4.69) is 15.5 Å². The van der Waals surface area contributed by atoms with E-state index in [-0.39, 0.29) is 17.5 Å². The largest absolute Gasteiger partial charge is 0.272 e. The zero-order valence-electron chi connectivity index (χ0n) is 13.6. The van der Waals surface area contributed by atoms with Crippen LogP contribution >= 0.6 is 11.8 Å². The molecular formula is C19H16FN3OS. The highest BCUT2D eigenvalue weighted by Crippen LogP contribution is 2.27. The molecule has 126 valence electrons. The predicted molar refractivity (Wildman–Crippen MR) is 99.3 cm³/mol. The monoisotopic (exact) mass is 353 g/mol. The van der Waals surface area contributed by atoms with E-state index in [1.165, 1.54) is 30.1 Å². The van der Waals surface area contributed by atoms with Gasteiger partial charge in [-0.3, -0.25) is 9.78 Å². The molecule has 1 aromatic heterocycles. The molecule has 2 aromatic carbocycles. The highest BCUT2D eigenvalue weighted by Gasteiger charge is 2.07. The van der Waals surface area contributed by atoms with Gasteiger partial charge in [0.15, 0.2) is 0 Å². The Morgan fingerprint density at radius 3 is 2.80 bits per heavy atom. The first kappa shape index (κ1) is 17.1. The van der Waals surface area contributed by atoms with E-state index in [1.807, 2.05) is 37.3 Å². The second-order valence-corrected chi connectivity index (χ2v) is 6.43. The van der Waals surface area contributed by atoms with Crippen LogP contribution in [0.4, 0.5) is 4.39 Å². The molecule has 0 aliphatic heterocycles. The number of para-hydroxylation sites is 1. The number of benzene rings is 2. The maximum absolute atomic E-state index is 12.8. The van der Waals surface area contributed by atoms with Gasteiger partial charge in [0.05, 0.1) is 17.5 Å². The van der Waals surface area contributed by atoms with Crippen LogP contribution in [0, 0.1) is 12.7 Å². The zero-order valence-corrected chi connectivity index (χ0v) is 14.4. The molecule has 6 heteroatoms. The Balaban J connectivity index is 1.60. The Morgan fingerprint density at radius 2 is 2.00 bits per heavy atom. The summed E-state index contributed by atoms with van der Waals surface area (Å²) in [5.41, 5.74) is 5.02. The molecule has 0 atom stereocenters. The van der Waals surface area contributed by atoms with E-state index >= 15 is 0 Å². The number of nitrogens with one attached hydrogen (secondary N) is 1. The summed E-state index contributed by atoms with van der Waals surface area (Å²) in [4.78, 5) is 17.5. The van der Waals surface area contributed by atoms with Gasteiger partial charge in [0.2, 0.25) is 5.91 Å². The lowest BCUT2D eigenvalue weighted by Crippen LogP contribution is -2.19. The van der Waals surface area contributed by atoms with Crippen molar-refractivity contribution >= 4 is 34.8 Å². The summed E-state index contributed by atoms with van der Waals surface area (Å²) in [6.07, 6.45) is 1.48. The molecule has 0 aliphatic carbocycles. The number of thioether (sulfide) groups is 1. The fourth-order valence-electron chi connectivity index (χ4n) is 2.29. The number of rotatable bonds is 5. The van der Waals surface area contributed by atoms with Gasteiger partial charge in [-0.25, -0.2) is 9.82 Å². The van der Waals surface area contributed by atoms with Gasteiger partial charge in [0.25, 0.3) is 0 Å². The predicted octanol–water partition coefficient (Wildman–Crippen LogP) is 3.92. The molecular weight excluding hydrogens is 337 g/mol. The molecule has 0 saturated heterocycles. The number of amides is 1. The standard InChI is InChI=1S/C19H16FN3OS/c1-13-10-18(16-4-2-3-5-17(16)22-13)25-12-19(24)23-21-11-14-6-8-15(20)9-7-14/h2-11H,12H2,1H3,(H,23,24). The maximum Gasteiger partial charge on any atom is 0.250 e. The first-order chi connectivity index (χ1) is 12.1. The van der Waals surface area contributed by atoms with E-state index in [4.69, 9.17) is 0 Å². The van der Waals surface area contributed by atoms with Crippen molar-refractivity contribution in [3.05, 3.63) is 71.7 Å². The van der Waals surface area contributed by atoms with Gasteiger partial charge >= 0.3 is 0 Å². The molecule has 3 aromatic rings. The van der Waals surface area contributed by atoms with Gasteiger partial charge < -0.3 is 0 Å². The van der Waals surface area contributed by atoms with E-state index in [9.17, 15) is 9.18 Å². The van der Waals surface area contributed by atoms with Crippen LogP contribution in [0.5, 0.6) is 0 Å². The fourth-order valence-corrected chi connectivity index (χ4v) is 3.23. The number of hydrogen-bond acceptors (Lipinski definition) is 4. The number of nitrogens with zero attached hydrogens (tertiary/aromatic N) is 2. The summed E-state index contributed by atoms with van der Waals surface area (Å²) in [6.45, 7) is 1.93. The van der Waals surface area contributed by atoms with E-state index in [1.54, 1.807) is 12.1 Å². The van der Waals surface area contributed by atoms with Crippen molar-refractivity contribution in [3.63, 3.8) is 0 Å². The molecule has 0 radical (unpaired) electrons. The minimum atomic E-state index is -0.308. The van der Waals surface area contributed by atoms with Crippen molar-refractivity contribution in [1.82, 2.24) is 10.4 Å². The Bertz CT molecular complexity index is 926. The van der Waals surface area contributed by atoms with Gasteiger partial charge in [0.1, 0.15) is 5.82 Å². The first-order valence-electron chi connectivity index (χ1n) is 7.68. The highest BCUT2D eigenvalue weighted by molar-refractivity contribution is 8.00. The van der Waals surface area contributed by atoms with Crippen molar-refractivity contribution < 1.29 is 9.18 Å². The van der Waals surface area contributed by atoms with Gasteiger partial charge in [-0.1, -0.05) is 30.3 Å². The number of carbonyl (C=O) groups excluding carboxylic acids is 1. The van der Waals surface area contributed by atoms with Crippen molar-refractivity contribution in [2.75, 3.05) is 5.75 Å². The van der Waals surface area contributed by atoms with Gasteiger partial charge in [0, 0.05) is 16.0 Å². The topological polar surface area (TPSA) is 54.4 Å². The molecule has 0 aliphatic rings. The number of hydrazone groups is 1. The molecule has 0 saturated carbocycles. The van der Waals surface area contributed by atoms with Crippen LogP contribution in [0.2, 0.25) is 0 Å². The lowest BCUT2D eigenvalue weighted by Gasteiger charge is -2.07. The minimum absolute atomic E-state index is 0.207. The number of aromatic nitrogens is 1. The molecule has 25 heavy (non-hydrogen) atoms. The first-order valence-corrected chi connectivity index (χ1v) is 8.67. The lowest BCUT2D eigenvalue weighted by molar-refractivity contribution is -0.118. The normalized spacial score (nSPS) is 11.1. The van der Waals surface area contributed by atoms with Crippen molar-refractivity contribution in [2.45, 2.75) is 11.8 Å². The van der Waals surface area contributed by atoms with Crippen molar-refractivity contribution in [3.8, 4) is 0 Å². The average molecular weight is 353 g/mol. The molecule has 0 unspecified atom stereocenters. The lowest BCUT2D eigenvalue weighted by atomic mass is 10.2. The number of aryl methyl sites for hydroxylation is 1. The van der Waals surface area contributed by atoms with Crippen LogP contribution in [0.25, 0.3) is 10.9 Å². The molecule has 4 nitrogen and oxygen atoms in total. The Hall–Kier alpha value is -2.73. The smallest absolute Gasteiger partial charge is 0.250 e. The van der Waals surface area contributed by atoms with E-state index in [0.717, 1.165) is 21.5 Å². The van der Waals surface area contributed by atoms with Crippen molar-refractivity contribution in [2.24, 2.45) is 5.10 Å². The van der Waals surface area contributed by atoms with Gasteiger partial charge in [-0.2, -0.15) is 5.10 Å². The summed E-state index contributed by atoms with van der Waals surface area (Å²) in [7, 11) is 0. The summed E-state index contributed by atoms with van der Waals surface area (Å²) in [5.74, 6) is -0.270. The SMILES string of the molecule is Cc1cc(SCC(=O)NN=Cc2ccc(F)cc2)c2ccccc2n1. The number of halogens is 1. The Labute approximate surface area is 149 Å². The number of pyridine rings is 1. The third kappa shape index (κ3) is 4.64. The third-order valence-corrected chi connectivity index (χ3v) is 4.49. The van der Waals surface area contributed by atoms with Crippen LogP contribution in [0.1, 0.15) is 11.3 Å². The van der Waals surface area contributed by atoms with Crippen LogP contribution in [-0.4, -0.2) is 22.9 Å². The summed E-state index contributed by atoms with van der Waals surface area (Å²) >= 11 is 1.44. The van der Waals surface area contributed by atoms with Crippen molar-refractivity contribution in [1.29, 1.82) is 0 Å². The van der Waals surface area contributed by atoms with Crippen LogP contribution in [0.15, 0.2) is 64.6 Å². The summed E-state index contributed by atoms with van der Waals surface area (Å²) in [5, 5.41) is 4.92. The second-order valence-electron chi connectivity index (χ2n) is 5.41. The molecule has 3 rings (SSSR count). The van der Waals surface area contributed by atoms with E-state index in [0.29, 0.717) is 5.56 Å². The molecule has 1 heterocycles. The van der Waals surface area contributed by atoms with Gasteiger partial charge in [-0.05, 0) is 36.8 Å². The van der Waals surface area contributed by atoms with Crippen LogP contribution < -0.4 is 5.43 Å². The van der Waals surface area contributed by atoms with Gasteiger partial charge in [-0.15, -0.1) is 11.8 Å². The molecule has 0 spiro atoms. The average Bonchev–Trinajstić information content (AvgIpc) is 2.61. The fraction of sp³-hybridized carbons (Fsp3) is 0.105. The molecule has 0 fully saturated rings. The zero-order chi connectivity index (χ0) is 17.6. The third-order valence-electron chi connectivity index (χ3n) is 3.44. The van der Waals surface area contributed by atoms with Crippen LogP contribution in [-0.2, 0) is 4.79 Å². The molecule has 1 amide bonds. The number of carbonyl (C=O) groups is 1. The molecule has 1 N–H and O–H groups in total. The highest BCUT2D eigenvalue weighted by atomic mass is 32.2. The Morgan fingerprint density at radius 1 is 1.24 bits per heavy atom. The maximum atomic E-state index is 12.8. The van der Waals surface area contributed by atoms with E-state index < -0.39 is 0 Å². The minimum Gasteiger partial charge on any atom is -0.272 e. The summed E-state index contributed by atoms with van der Waals surface area (Å²) < 4.78 is 12.8. The number of fused-ring (bicyclic) bond motifs is 1. The second kappa shape index (κ2) is 7.90. The quantitative estimate of drug-likeness (QED) is 0.430. The van der Waals surface area contributed by atoms with Crippen LogP contribution in [0.3, 0.4) is 0 Å². The number of hydrogen-bond donors (Lipinski definition) is 1. The summed E-state index contributed by atoms with van der Waals surface area (Å²) in [6, 6.07) is 15.7.